The van der Waals surface area contributed by atoms with Gasteiger partial charge in [0.2, 0.25) is 5.91 Å². The van der Waals surface area contributed by atoms with Gasteiger partial charge in [-0.05, 0) is 29.1 Å². The number of carbonyl (C=O) groups is 3. The van der Waals surface area contributed by atoms with Crippen LogP contribution in [0.1, 0.15) is 38.4 Å². The summed E-state index contributed by atoms with van der Waals surface area (Å²) in [6, 6.07) is 21.6. The largest absolute Gasteiger partial charge is 0.353 e. The minimum atomic E-state index is -0.923. The number of likely N-dealkylation sites (tertiary alicyclic amines) is 1. The average Bonchev–Trinajstić information content (AvgIpc) is 3.57. The third kappa shape index (κ3) is 4.72. The van der Waals surface area contributed by atoms with Crippen molar-refractivity contribution < 1.29 is 19.1 Å². The van der Waals surface area contributed by atoms with Crippen molar-refractivity contribution in [3.63, 3.8) is 0 Å². The fourth-order valence-electron chi connectivity index (χ4n) is 4.80. The fraction of sp³-hybridized carbons (Fsp3) is 0.296. The minimum Gasteiger partial charge on any atom is -0.353 e. The maximum Gasteiger partial charge on any atom is 0.263 e. The summed E-state index contributed by atoms with van der Waals surface area (Å²) in [6.45, 7) is 1.40. The summed E-state index contributed by atoms with van der Waals surface area (Å²) in [4.78, 5) is 43.9. The highest BCUT2D eigenvalue weighted by molar-refractivity contribution is 7.12. The van der Waals surface area contributed by atoms with Crippen molar-refractivity contribution in [3.8, 4) is 0 Å². The van der Waals surface area contributed by atoms with E-state index in [2.05, 4.69) is 5.32 Å². The van der Waals surface area contributed by atoms with Crippen molar-refractivity contribution in [2.24, 2.45) is 0 Å². The molecule has 3 aromatic rings. The molecule has 2 fully saturated rings. The van der Waals surface area contributed by atoms with Gasteiger partial charge in [0.15, 0.2) is 0 Å². The van der Waals surface area contributed by atoms with Gasteiger partial charge in [-0.1, -0.05) is 54.6 Å². The summed E-state index contributed by atoms with van der Waals surface area (Å²) in [7, 11) is 0. The molecule has 1 N–H and O–H groups in total. The highest BCUT2D eigenvalue weighted by Crippen LogP contribution is 2.39. The number of hydrogen-bond donors (Lipinski definition) is 1. The fourth-order valence-corrected chi connectivity index (χ4v) is 5.50. The van der Waals surface area contributed by atoms with E-state index in [1.54, 1.807) is 21.9 Å². The lowest BCUT2D eigenvalue weighted by atomic mass is 9.96. The molecule has 3 amide bonds. The van der Waals surface area contributed by atoms with Crippen molar-refractivity contribution in [1.29, 1.82) is 0 Å². The first-order chi connectivity index (χ1) is 17.1. The van der Waals surface area contributed by atoms with Gasteiger partial charge in [0.1, 0.15) is 11.8 Å². The topological polar surface area (TPSA) is 79.0 Å². The predicted molar refractivity (Wildman–Crippen MR) is 133 cm³/mol. The summed E-state index contributed by atoms with van der Waals surface area (Å²) in [5.74, 6) is -0.487. The maximum absolute atomic E-state index is 13.7. The maximum atomic E-state index is 13.7. The van der Waals surface area contributed by atoms with E-state index < -0.39 is 11.8 Å². The second-order valence-electron chi connectivity index (χ2n) is 8.79. The molecule has 180 valence electrons. The van der Waals surface area contributed by atoms with Gasteiger partial charge >= 0.3 is 0 Å². The minimum absolute atomic E-state index is 0.00839. The second kappa shape index (κ2) is 10.0. The van der Waals surface area contributed by atoms with Crippen LogP contribution in [0.15, 0.2) is 78.2 Å². The lowest BCUT2D eigenvalue weighted by molar-refractivity contribution is -0.128. The third-order valence-corrected chi connectivity index (χ3v) is 7.53. The summed E-state index contributed by atoms with van der Waals surface area (Å²) in [6.07, 6.45) is 0.899. The van der Waals surface area contributed by atoms with E-state index in [4.69, 9.17) is 4.74 Å². The van der Waals surface area contributed by atoms with Crippen molar-refractivity contribution in [2.75, 3.05) is 19.7 Å². The molecule has 5 rings (SSSR count). The molecular formula is C27H27N3O4S. The van der Waals surface area contributed by atoms with Gasteiger partial charge in [-0.15, -0.1) is 11.3 Å². The Bertz CT molecular complexity index is 1180. The van der Waals surface area contributed by atoms with Crippen LogP contribution in [0.2, 0.25) is 0 Å². The Morgan fingerprint density at radius 2 is 1.60 bits per heavy atom. The van der Waals surface area contributed by atoms with Crippen LogP contribution in [-0.4, -0.2) is 59.0 Å². The highest BCUT2D eigenvalue weighted by Gasteiger charge is 2.54. The van der Waals surface area contributed by atoms with E-state index in [0.29, 0.717) is 42.9 Å². The monoisotopic (exact) mass is 489 g/mol. The summed E-state index contributed by atoms with van der Waals surface area (Å²) < 4.78 is 6.25. The first kappa shape index (κ1) is 23.3. The Morgan fingerprint density at radius 3 is 2.26 bits per heavy atom. The van der Waals surface area contributed by atoms with Crippen LogP contribution in [-0.2, 0) is 16.1 Å². The molecule has 2 aliphatic rings. The molecule has 35 heavy (non-hydrogen) atoms. The lowest BCUT2D eigenvalue weighted by Gasteiger charge is -2.44. The van der Waals surface area contributed by atoms with Gasteiger partial charge in [-0.3, -0.25) is 19.3 Å². The highest BCUT2D eigenvalue weighted by atomic mass is 32.1. The molecular weight excluding hydrogens is 462 g/mol. The first-order valence-corrected chi connectivity index (χ1v) is 12.6. The molecule has 0 aliphatic carbocycles. The van der Waals surface area contributed by atoms with Crippen LogP contribution < -0.4 is 5.32 Å². The van der Waals surface area contributed by atoms with Crippen molar-refractivity contribution >= 4 is 29.1 Å². The number of ether oxygens (including phenoxy) is 1. The number of hydrogen-bond acceptors (Lipinski definition) is 5. The Labute approximate surface area is 208 Å². The molecule has 2 aromatic carbocycles. The summed E-state index contributed by atoms with van der Waals surface area (Å²) >= 11 is 1.42. The number of nitrogens with zero attached hydrogens (tertiary/aromatic N) is 2. The average molecular weight is 490 g/mol. The molecule has 0 unspecified atom stereocenters. The van der Waals surface area contributed by atoms with E-state index in [0.717, 1.165) is 5.56 Å². The number of carbonyl (C=O) groups excluding carboxylic acids is 3. The normalized spacial score (nSPS) is 19.0. The van der Waals surface area contributed by atoms with Crippen molar-refractivity contribution in [1.82, 2.24) is 15.1 Å². The SMILES string of the molecule is O=C(NCc1ccccc1)[C@@H]1COC2(CCN(C(=O)c3cccs3)CC2)N1C(=O)c1ccccc1. The van der Waals surface area contributed by atoms with Crippen molar-refractivity contribution in [2.45, 2.75) is 31.2 Å². The lowest BCUT2D eigenvalue weighted by Crippen LogP contribution is -2.59. The molecule has 1 spiro atoms. The van der Waals surface area contributed by atoms with Gasteiger partial charge in [0, 0.05) is 38.0 Å². The van der Waals surface area contributed by atoms with Gasteiger partial charge < -0.3 is 15.0 Å². The number of piperidine rings is 1. The quantitative estimate of drug-likeness (QED) is 0.595. The van der Waals surface area contributed by atoms with Gasteiger partial charge in [-0.25, -0.2) is 0 Å². The molecule has 7 nitrogen and oxygen atoms in total. The summed E-state index contributed by atoms with van der Waals surface area (Å²) in [5, 5.41) is 4.86. The number of amides is 3. The Kier molecular flexibility index (Phi) is 6.66. The Hall–Kier alpha value is -3.49. The van der Waals surface area contributed by atoms with Crippen LogP contribution in [0.3, 0.4) is 0 Å². The number of benzene rings is 2. The molecule has 2 aliphatic heterocycles. The van der Waals surface area contributed by atoms with Gasteiger partial charge in [0.05, 0.1) is 11.5 Å². The third-order valence-electron chi connectivity index (χ3n) is 6.68. The summed E-state index contributed by atoms with van der Waals surface area (Å²) in [5.41, 5.74) is 0.569. The molecule has 0 radical (unpaired) electrons. The smallest absolute Gasteiger partial charge is 0.263 e. The molecule has 0 saturated carbocycles. The first-order valence-electron chi connectivity index (χ1n) is 11.7. The Balaban J connectivity index is 1.35. The zero-order valence-electron chi connectivity index (χ0n) is 19.3. The number of nitrogens with one attached hydrogen (secondary N) is 1. The van der Waals surface area contributed by atoms with E-state index in [1.807, 2.05) is 66.0 Å². The Morgan fingerprint density at radius 1 is 0.914 bits per heavy atom. The molecule has 2 saturated heterocycles. The van der Waals surface area contributed by atoms with Crippen LogP contribution in [0, 0.1) is 0 Å². The van der Waals surface area contributed by atoms with Crippen molar-refractivity contribution in [3.05, 3.63) is 94.2 Å². The second-order valence-corrected chi connectivity index (χ2v) is 9.73. The van der Waals surface area contributed by atoms with Crippen LogP contribution in [0.4, 0.5) is 0 Å². The van der Waals surface area contributed by atoms with Gasteiger partial charge in [0.25, 0.3) is 11.8 Å². The molecule has 1 aromatic heterocycles. The zero-order chi connectivity index (χ0) is 24.3. The number of thiophene rings is 1. The van der Waals surface area contributed by atoms with E-state index in [9.17, 15) is 14.4 Å². The van der Waals surface area contributed by atoms with E-state index in [1.165, 1.54) is 11.3 Å². The van der Waals surface area contributed by atoms with E-state index >= 15 is 0 Å². The molecule has 1 atom stereocenters. The van der Waals surface area contributed by atoms with Gasteiger partial charge in [-0.2, -0.15) is 0 Å². The predicted octanol–water partition coefficient (Wildman–Crippen LogP) is 3.54. The zero-order valence-corrected chi connectivity index (χ0v) is 20.1. The van der Waals surface area contributed by atoms with Crippen LogP contribution >= 0.6 is 11.3 Å². The standard InChI is InChI=1S/C27H27N3O4S/c31-24(28-18-20-8-3-1-4-9-20)22-19-34-27(30(22)25(32)21-10-5-2-6-11-21)13-15-29(16-14-27)26(33)23-12-7-17-35-23/h1-12,17,22H,13-16,18-19H2,(H,28,31)/t22-/m0/s1. The molecule has 0 bridgehead atoms. The molecule has 8 heteroatoms. The number of rotatable bonds is 5. The van der Waals surface area contributed by atoms with E-state index in [-0.39, 0.29) is 24.3 Å². The molecule has 3 heterocycles. The van der Waals surface area contributed by atoms with Crippen LogP contribution in [0.5, 0.6) is 0 Å². The van der Waals surface area contributed by atoms with Crippen LogP contribution in [0.25, 0.3) is 0 Å².